The van der Waals surface area contributed by atoms with E-state index in [0.29, 0.717) is 12.0 Å². The van der Waals surface area contributed by atoms with Crippen molar-refractivity contribution in [2.24, 2.45) is 0 Å². The molecule has 0 heterocycles. The van der Waals surface area contributed by atoms with Gasteiger partial charge >= 0.3 is 0 Å². The van der Waals surface area contributed by atoms with Crippen molar-refractivity contribution in [1.29, 1.82) is 0 Å². The van der Waals surface area contributed by atoms with Crippen LogP contribution < -0.4 is 0 Å². The zero-order chi connectivity index (χ0) is 14.5. The van der Waals surface area contributed by atoms with Crippen molar-refractivity contribution >= 4 is 17.3 Å². The first-order chi connectivity index (χ1) is 9.63. The molecule has 0 spiro atoms. The maximum atomic E-state index is 11.0. The van der Waals surface area contributed by atoms with E-state index in [4.69, 9.17) is 11.6 Å². The second kappa shape index (κ2) is 6.53. The first kappa shape index (κ1) is 14.5. The van der Waals surface area contributed by atoms with Crippen LogP contribution in [0, 0.1) is 10.1 Å². The molecule has 20 heavy (non-hydrogen) atoms. The van der Waals surface area contributed by atoms with Gasteiger partial charge in [0.1, 0.15) is 0 Å². The lowest BCUT2D eigenvalue weighted by Gasteiger charge is -2.14. The Bertz CT molecular complexity index is 613. The number of halogens is 1. The van der Waals surface area contributed by atoms with Gasteiger partial charge < -0.3 is 0 Å². The van der Waals surface area contributed by atoms with Crippen LogP contribution >= 0.6 is 11.6 Å². The lowest BCUT2D eigenvalue weighted by molar-refractivity contribution is -0.385. The Labute approximate surface area is 123 Å². The van der Waals surface area contributed by atoms with Gasteiger partial charge in [0.25, 0.3) is 5.69 Å². The Hall–Kier alpha value is -1.87. The second-order valence-electron chi connectivity index (χ2n) is 4.61. The average molecular weight is 290 g/mol. The molecule has 0 aliphatic heterocycles. The maximum Gasteiger partial charge on any atom is 0.272 e. The summed E-state index contributed by atoms with van der Waals surface area (Å²) in [5.74, 6) is 0. The molecule has 0 aliphatic rings. The van der Waals surface area contributed by atoms with Crippen LogP contribution in [-0.2, 0) is 12.8 Å². The maximum absolute atomic E-state index is 11.0. The van der Waals surface area contributed by atoms with E-state index in [2.05, 4.69) is 6.92 Å². The van der Waals surface area contributed by atoms with Crippen molar-refractivity contribution in [3.63, 3.8) is 0 Å². The lowest BCUT2D eigenvalue weighted by Crippen LogP contribution is -2.02. The quantitative estimate of drug-likeness (QED) is 0.456. The summed E-state index contributed by atoms with van der Waals surface area (Å²) in [6.07, 6.45) is 1.35. The number of nitrogens with zero attached hydrogens (tertiary/aromatic N) is 1. The average Bonchev–Trinajstić information content (AvgIpc) is 2.47. The molecule has 0 N–H and O–H groups in total. The van der Waals surface area contributed by atoms with Crippen molar-refractivity contribution in [3.05, 3.63) is 75.3 Å². The monoisotopic (exact) mass is 289 g/mol. The number of aryl methyl sites for hydroxylation is 1. The van der Waals surface area contributed by atoms with Crippen molar-refractivity contribution < 1.29 is 4.92 Å². The highest BCUT2D eigenvalue weighted by Gasteiger charge is 2.18. The van der Waals surface area contributed by atoms with Gasteiger partial charge in [0, 0.05) is 11.6 Å². The second-order valence-corrected chi connectivity index (χ2v) is 5.14. The number of alkyl halides is 1. The summed E-state index contributed by atoms with van der Waals surface area (Å²) >= 11 is 6.48. The van der Waals surface area contributed by atoms with Crippen LogP contribution in [-0.4, -0.2) is 4.92 Å². The predicted octanol–water partition coefficient (Wildman–Crippen LogP) is 4.68. The van der Waals surface area contributed by atoms with E-state index in [9.17, 15) is 10.1 Å². The molecule has 0 aromatic heterocycles. The largest absolute Gasteiger partial charge is 0.272 e. The molecule has 0 fully saturated rings. The van der Waals surface area contributed by atoms with Crippen molar-refractivity contribution in [2.45, 2.75) is 25.1 Å². The van der Waals surface area contributed by atoms with Crippen LogP contribution in [0.15, 0.2) is 48.5 Å². The summed E-state index contributed by atoms with van der Waals surface area (Å²) in [6.45, 7) is 2.08. The molecule has 0 saturated carbocycles. The minimum Gasteiger partial charge on any atom is -0.258 e. The van der Waals surface area contributed by atoms with Gasteiger partial charge in [-0.1, -0.05) is 49.4 Å². The van der Waals surface area contributed by atoms with Gasteiger partial charge in [-0.25, -0.2) is 0 Å². The molecule has 3 nitrogen and oxygen atoms in total. The molecular formula is C16H16ClNO2. The fourth-order valence-electron chi connectivity index (χ4n) is 2.33. The van der Waals surface area contributed by atoms with Crippen LogP contribution in [0.3, 0.4) is 0 Å². The number of hydrogen-bond acceptors (Lipinski definition) is 2. The van der Waals surface area contributed by atoms with Crippen LogP contribution in [0.5, 0.6) is 0 Å². The van der Waals surface area contributed by atoms with Crippen LogP contribution in [0.4, 0.5) is 5.69 Å². The lowest BCUT2D eigenvalue weighted by atomic mass is 9.97. The SMILES string of the molecule is CCc1ccccc1C(Cl)Cc1ccccc1[N+](=O)[O-]. The molecule has 1 unspecified atom stereocenters. The molecule has 0 bridgehead atoms. The van der Waals surface area contributed by atoms with Crippen molar-refractivity contribution in [1.82, 2.24) is 0 Å². The normalized spacial score (nSPS) is 12.1. The fourth-order valence-corrected chi connectivity index (χ4v) is 2.71. The zero-order valence-corrected chi connectivity index (χ0v) is 12.0. The summed E-state index contributed by atoms with van der Waals surface area (Å²) in [5, 5.41) is 10.8. The van der Waals surface area contributed by atoms with Crippen LogP contribution in [0.2, 0.25) is 0 Å². The first-order valence-electron chi connectivity index (χ1n) is 6.57. The molecule has 104 valence electrons. The molecule has 2 aromatic carbocycles. The predicted molar refractivity (Wildman–Crippen MR) is 81.2 cm³/mol. The van der Waals surface area contributed by atoms with E-state index in [-0.39, 0.29) is 16.0 Å². The summed E-state index contributed by atoms with van der Waals surface area (Å²) < 4.78 is 0. The summed E-state index contributed by atoms with van der Waals surface area (Å²) in [5.41, 5.74) is 3.04. The van der Waals surface area contributed by atoms with Gasteiger partial charge in [-0.05, 0) is 24.0 Å². The molecular weight excluding hydrogens is 274 g/mol. The molecule has 2 rings (SSSR count). The third-order valence-corrected chi connectivity index (χ3v) is 3.75. The zero-order valence-electron chi connectivity index (χ0n) is 11.3. The molecule has 0 amide bonds. The minimum absolute atomic E-state index is 0.132. The van der Waals surface area contributed by atoms with E-state index >= 15 is 0 Å². The van der Waals surface area contributed by atoms with E-state index in [1.165, 1.54) is 11.6 Å². The van der Waals surface area contributed by atoms with Crippen molar-refractivity contribution in [3.8, 4) is 0 Å². The van der Waals surface area contributed by atoms with Crippen LogP contribution in [0.1, 0.15) is 29.0 Å². The molecule has 1 atom stereocenters. The number of para-hydroxylation sites is 1. The first-order valence-corrected chi connectivity index (χ1v) is 7.01. The minimum atomic E-state index is -0.356. The number of benzene rings is 2. The van der Waals surface area contributed by atoms with E-state index in [0.717, 1.165) is 12.0 Å². The third kappa shape index (κ3) is 3.17. The molecule has 0 radical (unpaired) electrons. The summed E-state index contributed by atoms with van der Waals surface area (Å²) in [7, 11) is 0. The van der Waals surface area contributed by atoms with Crippen molar-refractivity contribution in [2.75, 3.05) is 0 Å². The number of nitro groups is 1. The molecule has 0 saturated heterocycles. The standard InChI is InChI=1S/C16H16ClNO2/c1-2-12-7-3-5-9-14(12)15(17)11-13-8-4-6-10-16(13)18(19)20/h3-10,15H,2,11H2,1H3. The highest BCUT2D eigenvalue weighted by atomic mass is 35.5. The van der Waals surface area contributed by atoms with E-state index in [1.54, 1.807) is 18.2 Å². The third-order valence-electron chi connectivity index (χ3n) is 3.36. The molecule has 0 aliphatic carbocycles. The topological polar surface area (TPSA) is 43.1 Å². The Morgan fingerprint density at radius 3 is 2.35 bits per heavy atom. The van der Waals surface area contributed by atoms with Gasteiger partial charge in [-0.3, -0.25) is 10.1 Å². The van der Waals surface area contributed by atoms with Gasteiger partial charge in [0.15, 0.2) is 0 Å². The number of hydrogen-bond donors (Lipinski definition) is 0. The van der Waals surface area contributed by atoms with E-state index < -0.39 is 0 Å². The Morgan fingerprint density at radius 1 is 1.10 bits per heavy atom. The highest BCUT2D eigenvalue weighted by Crippen LogP contribution is 2.31. The highest BCUT2D eigenvalue weighted by molar-refractivity contribution is 6.21. The number of nitro benzene ring substituents is 1. The Balaban J connectivity index is 2.28. The molecule has 2 aromatic rings. The summed E-state index contributed by atoms with van der Waals surface area (Å²) in [4.78, 5) is 10.7. The number of rotatable bonds is 5. The van der Waals surface area contributed by atoms with E-state index in [1.807, 2.05) is 24.3 Å². The van der Waals surface area contributed by atoms with Crippen LogP contribution in [0.25, 0.3) is 0 Å². The summed E-state index contributed by atoms with van der Waals surface area (Å²) in [6, 6.07) is 14.7. The Morgan fingerprint density at radius 2 is 1.70 bits per heavy atom. The van der Waals surface area contributed by atoms with Gasteiger partial charge in [0.2, 0.25) is 0 Å². The fraction of sp³-hybridized carbons (Fsp3) is 0.250. The Kier molecular flexibility index (Phi) is 4.74. The smallest absolute Gasteiger partial charge is 0.258 e. The van der Waals surface area contributed by atoms with Gasteiger partial charge in [-0.2, -0.15) is 0 Å². The molecule has 4 heteroatoms. The van der Waals surface area contributed by atoms with Gasteiger partial charge in [0.05, 0.1) is 10.3 Å². The van der Waals surface area contributed by atoms with Gasteiger partial charge in [-0.15, -0.1) is 11.6 Å².